The molecule has 0 spiro atoms. The molecule has 3 aromatic rings. The highest BCUT2D eigenvalue weighted by atomic mass is 32.2. The SMILES string of the molecule is O=C(Nc1ccc(-n2cccn2)nc1)C1CCN(S(=O)(=O)c2cccc(OC(F)(F)F)c2)CC1. The van der Waals surface area contributed by atoms with Crippen molar-refractivity contribution in [3.05, 3.63) is 61.1 Å². The second-order valence-electron chi connectivity index (χ2n) is 7.55. The number of pyridine rings is 1. The fourth-order valence-electron chi connectivity index (χ4n) is 3.58. The highest BCUT2D eigenvalue weighted by Gasteiger charge is 2.34. The van der Waals surface area contributed by atoms with E-state index in [1.165, 1.54) is 18.3 Å². The largest absolute Gasteiger partial charge is 0.573 e. The second-order valence-corrected chi connectivity index (χ2v) is 9.48. The third-order valence-corrected chi connectivity index (χ3v) is 7.15. The minimum atomic E-state index is -4.93. The van der Waals surface area contributed by atoms with Gasteiger partial charge in [0.05, 0.1) is 16.8 Å². The number of sulfonamides is 1. The van der Waals surface area contributed by atoms with Gasteiger partial charge in [0.1, 0.15) is 5.75 Å². The topological polar surface area (TPSA) is 106 Å². The van der Waals surface area contributed by atoms with E-state index < -0.39 is 28.1 Å². The van der Waals surface area contributed by atoms with Crippen molar-refractivity contribution in [3.63, 3.8) is 0 Å². The summed E-state index contributed by atoms with van der Waals surface area (Å²) in [4.78, 5) is 16.6. The van der Waals surface area contributed by atoms with Gasteiger partial charge in [0, 0.05) is 37.5 Å². The number of nitrogens with zero attached hydrogens (tertiary/aromatic N) is 4. The summed E-state index contributed by atoms with van der Waals surface area (Å²) in [5.74, 6) is -0.704. The normalized spacial score (nSPS) is 15.7. The lowest BCUT2D eigenvalue weighted by atomic mass is 9.97. The molecule has 3 heterocycles. The Hall–Kier alpha value is -3.45. The van der Waals surface area contributed by atoms with Crippen molar-refractivity contribution < 1.29 is 31.1 Å². The molecule has 34 heavy (non-hydrogen) atoms. The van der Waals surface area contributed by atoms with Crippen LogP contribution in [0.3, 0.4) is 0 Å². The maximum Gasteiger partial charge on any atom is 0.573 e. The van der Waals surface area contributed by atoms with Crippen LogP contribution < -0.4 is 10.1 Å². The summed E-state index contributed by atoms with van der Waals surface area (Å²) in [5, 5.41) is 6.85. The molecule has 0 atom stereocenters. The first-order valence-electron chi connectivity index (χ1n) is 10.2. The van der Waals surface area contributed by atoms with Crippen molar-refractivity contribution in [2.45, 2.75) is 24.1 Å². The van der Waals surface area contributed by atoms with E-state index in [1.54, 1.807) is 35.3 Å². The number of anilines is 1. The molecule has 1 aromatic carbocycles. The molecule has 1 N–H and O–H groups in total. The van der Waals surface area contributed by atoms with Crippen molar-refractivity contribution in [1.82, 2.24) is 19.1 Å². The van der Waals surface area contributed by atoms with Gasteiger partial charge in [0.2, 0.25) is 15.9 Å². The number of carbonyl (C=O) groups excluding carboxylic acids is 1. The Morgan fingerprint density at radius 2 is 1.88 bits per heavy atom. The molecular formula is C21H20F3N5O4S. The minimum Gasteiger partial charge on any atom is -0.406 e. The zero-order valence-corrected chi connectivity index (χ0v) is 18.5. The van der Waals surface area contributed by atoms with E-state index in [-0.39, 0.29) is 36.7 Å². The van der Waals surface area contributed by atoms with E-state index in [0.717, 1.165) is 16.4 Å². The van der Waals surface area contributed by atoms with Crippen LogP contribution in [-0.4, -0.2) is 52.8 Å². The molecule has 180 valence electrons. The summed E-state index contributed by atoms with van der Waals surface area (Å²) in [6, 6.07) is 9.40. The Balaban J connectivity index is 1.35. The van der Waals surface area contributed by atoms with E-state index in [0.29, 0.717) is 11.5 Å². The van der Waals surface area contributed by atoms with Gasteiger partial charge in [-0.3, -0.25) is 4.79 Å². The first-order chi connectivity index (χ1) is 16.1. The molecule has 2 aromatic heterocycles. The van der Waals surface area contributed by atoms with Crippen LogP contribution in [0.4, 0.5) is 18.9 Å². The number of benzene rings is 1. The zero-order valence-electron chi connectivity index (χ0n) is 17.6. The van der Waals surface area contributed by atoms with Gasteiger partial charge in [-0.05, 0) is 43.2 Å². The highest BCUT2D eigenvalue weighted by molar-refractivity contribution is 7.89. The van der Waals surface area contributed by atoms with Crippen LogP contribution >= 0.6 is 0 Å². The van der Waals surface area contributed by atoms with Crippen LogP contribution in [0.1, 0.15) is 12.8 Å². The lowest BCUT2D eigenvalue weighted by Gasteiger charge is -2.30. The average Bonchev–Trinajstić information content (AvgIpc) is 3.34. The molecule has 0 bridgehead atoms. The third-order valence-electron chi connectivity index (χ3n) is 5.26. The Bertz CT molecular complexity index is 1240. The van der Waals surface area contributed by atoms with Gasteiger partial charge >= 0.3 is 6.36 Å². The maximum atomic E-state index is 12.9. The summed E-state index contributed by atoms with van der Waals surface area (Å²) in [7, 11) is -4.04. The molecule has 4 rings (SSSR count). The fourth-order valence-corrected chi connectivity index (χ4v) is 5.09. The van der Waals surface area contributed by atoms with Gasteiger partial charge < -0.3 is 10.1 Å². The van der Waals surface area contributed by atoms with Crippen LogP contribution in [0.25, 0.3) is 5.82 Å². The van der Waals surface area contributed by atoms with Crippen LogP contribution in [0.5, 0.6) is 5.75 Å². The number of nitrogens with one attached hydrogen (secondary N) is 1. The van der Waals surface area contributed by atoms with Gasteiger partial charge in [0.15, 0.2) is 5.82 Å². The summed E-state index contributed by atoms with van der Waals surface area (Å²) in [5.41, 5.74) is 0.498. The number of ether oxygens (including phenoxy) is 1. The molecule has 1 amide bonds. The van der Waals surface area contributed by atoms with Crippen LogP contribution in [-0.2, 0) is 14.8 Å². The molecule has 0 saturated carbocycles. The molecule has 1 aliphatic rings. The van der Waals surface area contributed by atoms with Crippen molar-refractivity contribution in [3.8, 4) is 11.6 Å². The number of amides is 1. The molecule has 9 nitrogen and oxygen atoms in total. The first-order valence-corrected chi connectivity index (χ1v) is 11.7. The highest BCUT2D eigenvalue weighted by Crippen LogP contribution is 2.29. The predicted octanol–water partition coefficient (Wildman–Crippen LogP) is 3.21. The summed E-state index contributed by atoms with van der Waals surface area (Å²) >= 11 is 0. The fraction of sp³-hybridized carbons (Fsp3) is 0.286. The van der Waals surface area contributed by atoms with Crippen molar-refractivity contribution in [2.24, 2.45) is 5.92 Å². The number of piperidine rings is 1. The summed E-state index contributed by atoms with van der Waals surface area (Å²) in [6.45, 7) is 0.114. The molecule has 1 saturated heterocycles. The standard InChI is InChI=1S/C21H20F3N5O4S/c22-21(23,24)33-17-3-1-4-18(13-17)34(31,32)28-11-7-15(8-12-28)20(30)27-16-5-6-19(25-14-16)29-10-2-9-26-29/h1-6,9-10,13-15H,7-8,11-12H2,(H,27,30). The quantitative estimate of drug-likeness (QED) is 0.563. The van der Waals surface area contributed by atoms with Crippen LogP contribution in [0.15, 0.2) is 66.0 Å². The van der Waals surface area contributed by atoms with E-state index >= 15 is 0 Å². The molecule has 13 heteroatoms. The maximum absolute atomic E-state index is 12.9. The molecule has 0 radical (unpaired) electrons. The van der Waals surface area contributed by atoms with Gasteiger partial charge in [-0.1, -0.05) is 6.07 Å². The number of carbonyl (C=O) groups is 1. The monoisotopic (exact) mass is 495 g/mol. The lowest BCUT2D eigenvalue weighted by molar-refractivity contribution is -0.274. The molecule has 0 unspecified atom stereocenters. The lowest BCUT2D eigenvalue weighted by Crippen LogP contribution is -2.41. The average molecular weight is 495 g/mol. The van der Waals surface area contributed by atoms with Crippen molar-refractivity contribution in [2.75, 3.05) is 18.4 Å². The van der Waals surface area contributed by atoms with Crippen LogP contribution in [0.2, 0.25) is 0 Å². The number of aromatic nitrogens is 3. The number of hydrogen-bond acceptors (Lipinski definition) is 6. The van der Waals surface area contributed by atoms with E-state index in [2.05, 4.69) is 20.1 Å². The number of alkyl halides is 3. The summed E-state index contributed by atoms with van der Waals surface area (Å²) < 4.78 is 69.7. The van der Waals surface area contributed by atoms with Gasteiger partial charge in [-0.2, -0.15) is 9.40 Å². The Kier molecular flexibility index (Phi) is 6.57. The van der Waals surface area contributed by atoms with Crippen LogP contribution in [0, 0.1) is 5.92 Å². The van der Waals surface area contributed by atoms with Crippen molar-refractivity contribution in [1.29, 1.82) is 0 Å². The Morgan fingerprint density at radius 1 is 1.12 bits per heavy atom. The van der Waals surface area contributed by atoms with E-state index in [9.17, 15) is 26.4 Å². The molecule has 0 aliphatic carbocycles. The van der Waals surface area contributed by atoms with E-state index in [1.807, 2.05) is 0 Å². The third kappa shape index (κ3) is 5.54. The minimum absolute atomic E-state index is 0.0568. The molecule has 1 aliphatic heterocycles. The molecule has 1 fully saturated rings. The Labute approximate surface area is 193 Å². The smallest absolute Gasteiger partial charge is 0.406 e. The second kappa shape index (κ2) is 9.43. The number of rotatable bonds is 6. The van der Waals surface area contributed by atoms with Gasteiger partial charge in [-0.15, -0.1) is 13.2 Å². The predicted molar refractivity (Wildman–Crippen MR) is 115 cm³/mol. The molecular weight excluding hydrogens is 475 g/mol. The van der Waals surface area contributed by atoms with E-state index in [4.69, 9.17) is 0 Å². The zero-order chi connectivity index (χ0) is 24.3. The summed E-state index contributed by atoms with van der Waals surface area (Å²) in [6.07, 6.45) is 0.470. The van der Waals surface area contributed by atoms with Gasteiger partial charge in [0.25, 0.3) is 0 Å². The first kappa shape index (κ1) is 23.7. The Morgan fingerprint density at radius 3 is 2.50 bits per heavy atom. The van der Waals surface area contributed by atoms with Crippen molar-refractivity contribution >= 4 is 21.6 Å². The number of hydrogen-bond donors (Lipinski definition) is 1. The number of halogens is 3. The van der Waals surface area contributed by atoms with Gasteiger partial charge in [-0.25, -0.2) is 18.1 Å².